The number of hydrogen-bond donors (Lipinski definition) is 1. The molecule has 148 valence electrons. The van der Waals surface area contributed by atoms with Gasteiger partial charge in [-0.25, -0.2) is 4.79 Å². The molecule has 0 aromatic carbocycles. The van der Waals surface area contributed by atoms with Crippen LogP contribution in [0.3, 0.4) is 0 Å². The number of methoxy groups -OCH3 is 2. The lowest BCUT2D eigenvalue weighted by molar-refractivity contribution is -0.0340. The van der Waals surface area contributed by atoms with Crippen molar-refractivity contribution in [1.29, 1.82) is 0 Å². The molecule has 0 bridgehead atoms. The summed E-state index contributed by atoms with van der Waals surface area (Å²) in [5.74, 6) is -0.196. The van der Waals surface area contributed by atoms with Crippen molar-refractivity contribution in [3.8, 4) is 5.75 Å². The van der Waals surface area contributed by atoms with Gasteiger partial charge in [0, 0.05) is 19.9 Å². The van der Waals surface area contributed by atoms with Gasteiger partial charge in [-0.05, 0) is 6.07 Å². The van der Waals surface area contributed by atoms with Crippen molar-refractivity contribution in [1.82, 2.24) is 9.58 Å². The van der Waals surface area contributed by atoms with E-state index in [9.17, 15) is 9.59 Å². The molecule has 0 spiro atoms. The van der Waals surface area contributed by atoms with Gasteiger partial charge in [0.1, 0.15) is 11.5 Å². The van der Waals surface area contributed by atoms with Gasteiger partial charge in [0.25, 0.3) is 5.91 Å². The first kappa shape index (κ1) is 18.8. The van der Waals surface area contributed by atoms with Crippen LogP contribution in [0.1, 0.15) is 10.5 Å². The Bertz CT molecular complexity index is 765. The van der Waals surface area contributed by atoms with Crippen LogP contribution in [-0.4, -0.2) is 75.4 Å². The van der Waals surface area contributed by atoms with Crippen molar-refractivity contribution in [3.63, 3.8) is 0 Å². The van der Waals surface area contributed by atoms with Crippen LogP contribution < -0.4 is 15.5 Å². The summed E-state index contributed by atoms with van der Waals surface area (Å²) in [6.07, 6.45) is 0.400. The maximum Gasteiger partial charge on any atom is 0.510 e. The van der Waals surface area contributed by atoms with Crippen LogP contribution in [0.5, 0.6) is 5.75 Å². The average molecular weight is 384 g/mol. The lowest BCUT2D eigenvalue weighted by Crippen LogP contribution is -2.59. The zero-order chi connectivity index (χ0) is 19.2. The minimum atomic E-state index is -0.917. The number of hydrogen-bond acceptors (Lipinski definition) is 10. The van der Waals surface area contributed by atoms with Crippen LogP contribution in [0.25, 0.3) is 0 Å². The number of nitrogens with zero attached hydrogens (tertiary/aromatic N) is 3. The maximum absolute atomic E-state index is 13.0. The second kappa shape index (κ2) is 8.60. The Morgan fingerprint density at radius 3 is 3.04 bits per heavy atom. The molecule has 1 fully saturated rings. The standard InChI is InChI=1S/C15H20N4O8/c1-22-8-27-17-10-3-4-19-12(13(10)25-9-26-15(21)23-2)14(20)18-5-6-24-7-11(18)16-19/h3-4,11,16H,5-9H2,1-2H3/b17-10+/t11-/m0/s1. The van der Waals surface area contributed by atoms with Crippen LogP contribution in [0.15, 0.2) is 17.4 Å². The van der Waals surface area contributed by atoms with Gasteiger partial charge in [0.2, 0.25) is 13.6 Å². The Balaban J connectivity index is 1.94. The van der Waals surface area contributed by atoms with Gasteiger partial charge in [-0.1, -0.05) is 5.16 Å². The molecule has 1 saturated heterocycles. The Kier molecular flexibility index (Phi) is 5.98. The van der Waals surface area contributed by atoms with Crippen LogP contribution in [0.2, 0.25) is 0 Å². The summed E-state index contributed by atoms with van der Waals surface area (Å²) in [5, 5.41) is 4.13. The third kappa shape index (κ3) is 4.06. The highest BCUT2D eigenvalue weighted by atomic mass is 16.8. The molecule has 27 heavy (non-hydrogen) atoms. The van der Waals surface area contributed by atoms with Crippen LogP contribution in [0.4, 0.5) is 4.79 Å². The molecule has 1 aromatic heterocycles. The van der Waals surface area contributed by atoms with Crippen LogP contribution in [0, 0.1) is 0 Å². The number of carbonyl (C=O) groups excluding carboxylic acids is 2. The fraction of sp³-hybridized carbons (Fsp3) is 0.533. The highest BCUT2D eigenvalue weighted by Gasteiger charge is 2.36. The molecule has 1 atom stereocenters. The molecular formula is C15H20N4O8. The molecule has 12 nitrogen and oxygen atoms in total. The number of carbonyl (C=O) groups is 2. The fourth-order valence-corrected chi connectivity index (χ4v) is 2.64. The van der Waals surface area contributed by atoms with E-state index in [1.54, 1.807) is 17.2 Å². The van der Waals surface area contributed by atoms with E-state index in [1.165, 1.54) is 18.9 Å². The fourth-order valence-electron chi connectivity index (χ4n) is 2.64. The summed E-state index contributed by atoms with van der Waals surface area (Å²) in [5.41, 5.74) is 3.34. The molecule has 2 aliphatic rings. The number of nitrogens with one attached hydrogen (secondary N) is 1. The molecule has 0 radical (unpaired) electrons. The Hall–Kier alpha value is -2.99. The Morgan fingerprint density at radius 2 is 2.26 bits per heavy atom. The molecule has 2 aliphatic heterocycles. The smallest absolute Gasteiger partial charge is 0.452 e. The topological polar surface area (TPSA) is 122 Å². The van der Waals surface area contributed by atoms with Crippen molar-refractivity contribution in [2.45, 2.75) is 6.17 Å². The summed E-state index contributed by atoms with van der Waals surface area (Å²) in [4.78, 5) is 30.8. The van der Waals surface area contributed by atoms with E-state index in [0.717, 1.165) is 0 Å². The highest BCUT2D eigenvalue weighted by molar-refractivity contribution is 5.96. The normalized spacial score (nSPS) is 18.9. The minimum Gasteiger partial charge on any atom is -0.452 e. The van der Waals surface area contributed by atoms with Crippen molar-refractivity contribution >= 4 is 12.1 Å². The molecule has 1 N–H and O–H groups in total. The third-order valence-electron chi connectivity index (χ3n) is 3.83. The van der Waals surface area contributed by atoms with E-state index in [2.05, 4.69) is 15.3 Å². The molecule has 1 aromatic rings. The number of pyridine rings is 1. The van der Waals surface area contributed by atoms with Gasteiger partial charge >= 0.3 is 6.16 Å². The number of amides is 1. The largest absolute Gasteiger partial charge is 0.510 e. The lowest BCUT2D eigenvalue weighted by Gasteiger charge is -2.41. The van der Waals surface area contributed by atoms with Crippen molar-refractivity contribution in [2.75, 3.05) is 53.0 Å². The first-order valence-corrected chi connectivity index (χ1v) is 8.05. The second-order valence-electron chi connectivity index (χ2n) is 5.45. The first-order chi connectivity index (χ1) is 13.2. The van der Waals surface area contributed by atoms with Crippen molar-refractivity contribution in [2.24, 2.45) is 5.16 Å². The molecule has 1 amide bonds. The monoisotopic (exact) mass is 384 g/mol. The Labute approximate surface area is 154 Å². The maximum atomic E-state index is 13.0. The molecule has 0 unspecified atom stereocenters. The van der Waals surface area contributed by atoms with Gasteiger partial charge < -0.3 is 38.8 Å². The number of fused-ring (bicyclic) bond motifs is 2. The van der Waals surface area contributed by atoms with Gasteiger partial charge in [-0.2, -0.15) is 0 Å². The number of ether oxygens (including phenoxy) is 5. The molecule has 12 heteroatoms. The molecular weight excluding hydrogens is 364 g/mol. The summed E-state index contributed by atoms with van der Waals surface area (Å²) in [7, 11) is 2.62. The van der Waals surface area contributed by atoms with Crippen molar-refractivity contribution in [3.05, 3.63) is 23.3 Å². The summed E-state index contributed by atoms with van der Waals surface area (Å²) in [6.45, 7) is 0.669. The first-order valence-electron chi connectivity index (χ1n) is 8.05. The number of aromatic nitrogens is 1. The molecule has 0 aliphatic carbocycles. The van der Waals surface area contributed by atoms with E-state index >= 15 is 0 Å². The summed E-state index contributed by atoms with van der Waals surface area (Å²) in [6, 6.07) is 1.58. The van der Waals surface area contributed by atoms with Crippen LogP contribution >= 0.6 is 0 Å². The van der Waals surface area contributed by atoms with Crippen molar-refractivity contribution < 1.29 is 38.1 Å². The zero-order valence-corrected chi connectivity index (χ0v) is 14.9. The van der Waals surface area contributed by atoms with E-state index in [1.807, 2.05) is 0 Å². The molecule has 3 heterocycles. The lowest BCUT2D eigenvalue weighted by atomic mass is 10.2. The molecule has 0 saturated carbocycles. The SMILES string of the molecule is COCO/N=c1\ccn2c(c1OCOC(=O)OC)C(=O)N1CCOC[C@H]1N2. The van der Waals surface area contributed by atoms with Gasteiger partial charge in [-0.15, -0.1) is 0 Å². The zero-order valence-electron chi connectivity index (χ0n) is 14.9. The van der Waals surface area contributed by atoms with E-state index in [-0.39, 0.29) is 35.7 Å². The van der Waals surface area contributed by atoms with Crippen LogP contribution in [-0.2, 0) is 23.8 Å². The summed E-state index contributed by atoms with van der Waals surface area (Å²) >= 11 is 0. The predicted molar refractivity (Wildman–Crippen MR) is 86.9 cm³/mol. The molecule has 3 rings (SSSR count). The van der Waals surface area contributed by atoms with Gasteiger partial charge in [0.05, 0.1) is 20.3 Å². The van der Waals surface area contributed by atoms with Gasteiger partial charge in [0.15, 0.2) is 11.4 Å². The third-order valence-corrected chi connectivity index (χ3v) is 3.83. The average Bonchev–Trinajstić information content (AvgIpc) is 2.69. The highest BCUT2D eigenvalue weighted by Crippen LogP contribution is 2.22. The number of rotatable bonds is 6. The minimum absolute atomic E-state index is 0.0833. The van der Waals surface area contributed by atoms with E-state index in [4.69, 9.17) is 23.8 Å². The predicted octanol–water partition coefficient (Wildman–Crippen LogP) is -0.601. The van der Waals surface area contributed by atoms with E-state index < -0.39 is 12.9 Å². The quantitative estimate of drug-likeness (QED) is 0.296. The Morgan fingerprint density at radius 1 is 1.41 bits per heavy atom. The van der Waals surface area contributed by atoms with Gasteiger partial charge in [-0.3, -0.25) is 9.47 Å². The van der Waals surface area contributed by atoms with E-state index in [0.29, 0.717) is 19.8 Å². The second-order valence-corrected chi connectivity index (χ2v) is 5.45. The summed E-state index contributed by atoms with van der Waals surface area (Å²) < 4.78 is 26.3. The number of morpholine rings is 1.